The molecule has 2 aromatic rings. The molecule has 1 aliphatic heterocycles. The Bertz CT molecular complexity index is 473. The van der Waals surface area contributed by atoms with Gasteiger partial charge in [0.1, 0.15) is 0 Å². The third-order valence-corrected chi connectivity index (χ3v) is 3.19. The Labute approximate surface area is 90.6 Å². The van der Waals surface area contributed by atoms with Crippen molar-refractivity contribution in [1.29, 1.82) is 0 Å². The third kappa shape index (κ3) is 1.20. The molecular formula is C11H10BrNO. The smallest absolute Gasteiger partial charge is 0.0803 e. The molecule has 0 radical (unpaired) electrons. The Kier molecular flexibility index (Phi) is 1.89. The van der Waals surface area contributed by atoms with Gasteiger partial charge in [-0.1, -0.05) is 22.0 Å². The van der Waals surface area contributed by atoms with Crippen LogP contribution in [0.5, 0.6) is 0 Å². The second kappa shape index (κ2) is 3.11. The number of halogens is 1. The van der Waals surface area contributed by atoms with E-state index in [1.54, 1.807) is 0 Å². The van der Waals surface area contributed by atoms with Crippen LogP contribution >= 0.6 is 15.9 Å². The normalized spacial score (nSPS) is 17.2. The first-order chi connectivity index (χ1) is 6.84. The van der Waals surface area contributed by atoms with Gasteiger partial charge >= 0.3 is 0 Å². The van der Waals surface area contributed by atoms with Gasteiger partial charge < -0.3 is 9.30 Å². The van der Waals surface area contributed by atoms with E-state index in [2.05, 4.69) is 51.0 Å². The zero-order chi connectivity index (χ0) is 9.54. The van der Waals surface area contributed by atoms with Gasteiger partial charge in [0.2, 0.25) is 0 Å². The Balaban J connectivity index is 2.18. The Morgan fingerprint density at radius 3 is 2.86 bits per heavy atom. The highest BCUT2D eigenvalue weighted by Crippen LogP contribution is 2.26. The van der Waals surface area contributed by atoms with Gasteiger partial charge in [0.25, 0.3) is 0 Å². The van der Waals surface area contributed by atoms with Crippen molar-refractivity contribution in [2.24, 2.45) is 0 Å². The molecule has 1 fully saturated rings. The Hall–Kier alpha value is -0.800. The number of hydrogen-bond donors (Lipinski definition) is 0. The lowest BCUT2D eigenvalue weighted by molar-refractivity contribution is -0.0213. The van der Waals surface area contributed by atoms with E-state index in [-0.39, 0.29) is 0 Å². The van der Waals surface area contributed by atoms with Crippen LogP contribution in [0.1, 0.15) is 6.04 Å². The molecule has 3 heteroatoms. The van der Waals surface area contributed by atoms with Crippen molar-refractivity contribution in [2.75, 3.05) is 13.2 Å². The summed E-state index contributed by atoms with van der Waals surface area (Å²) in [6.45, 7) is 1.69. The summed E-state index contributed by atoms with van der Waals surface area (Å²) in [6.07, 6.45) is 2.14. The number of fused-ring (bicyclic) bond motifs is 1. The SMILES string of the molecule is Brc1ccc2ccn(C3COC3)c2c1. The van der Waals surface area contributed by atoms with Crippen molar-refractivity contribution in [3.05, 3.63) is 34.9 Å². The minimum Gasteiger partial charge on any atom is -0.377 e. The van der Waals surface area contributed by atoms with E-state index in [1.807, 2.05) is 0 Å². The predicted molar refractivity (Wildman–Crippen MR) is 59.5 cm³/mol. The number of rotatable bonds is 1. The zero-order valence-corrected chi connectivity index (χ0v) is 9.20. The van der Waals surface area contributed by atoms with Gasteiger partial charge in [0.05, 0.1) is 19.3 Å². The number of ether oxygens (including phenoxy) is 1. The largest absolute Gasteiger partial charge is 0.377 e. The molecule has 0 unspecified atom stereocenters. The van der Waals surface area contributed by atoms with Crippen LogP contribution in [0.4, 0.5) is 0 Å². The van der Waals surface area contributed by atoms with E-state index in [0.717, 1.165) is 17.7 Å². The van der Waals surface area contributed by atoms with E-state index in [1.165, 1.54) is 10.9 Å². The molecule has 0 atom stereocenters. The van der Waals surface area contributed by atoms with E-state index in [9.17, 15) is 0 Å². The third-order valence-electron chi connectivity index (χ3n) is 2.70. The molecule has 1 saturated heterocycles. The summed E-state index contributed by atoms with van der Waals surface area (Å²) in [5, 5.41) is 1.29. The average Bonchev–Trinajstić information content (AvgIpc) is 2.46. The number of nitrogens with zero attached hydrogens (tertiary/aromatic N) is 1. The van der Waals surface area contributed by atoms with Gasteiger partial charge in [-0.25, -0.2) is 0 Å². The lowest BCUT2D eigenvalue weighted by Gasteiger charge is -2.28. The summed E-state index contributed by atoms with van der Waals surface area (Å²) in [5.74, 6) is 0. The Morgan fingerprint density at radius 1 is 1.29 bits per heavy atom. The summed E-state index contributed by atoms with van der Waals surface area (Å²) in [6, 6.07) is 9.05. The van der Waals surface area contributed by atoms with Crippen LogP contribution in [0.2, 0.25) is 0 Å². The van der Waals surface area contributed by atoms with Gasteiger partial charge in [-0.3, -0.25) is 0 Å². The molecule has 0 aliphatic carbocycles. The average molecular weight is 252 g/mol. The first-order valence-electron chi connectivity index (χ1n) is 4.68. The van der Waals surface area contributed by atoms with Crippen LogP contribution in [0.3, 0.4) is 0 Å². The summed E-state index contributed by atoms with van der Waals surface area (Å²) >= 11 is 3.50. The monoisotopic (exact) mass is 251 g/mol. The van der Waals surface area contributed by atoms with Crippen LogP contribution < -0.4 is 0 Å². The van der Waals surface area contributed by atoms with Crippen LogP contribution in [0, 0.1) is 0 Å². The second-order valence-electron chi connectivity index (χ2n) is 3.62. The highest BCUT2D eigenvalue weighted by Gasteiger charge is 2.21. The first kappa shape index (κ1) is 8.50. The lowest BCUT2D eigenvalue weighted by Crippen LogP contribution is -2.29. The molecule has 0 amide bonds. The fourth-order valence-electron chi connectivity index (χ4n) is 1.82. The summed E-state index contributed by atoms with van der Waals surface area (Å²) < 4.78 is 8.63. The van der Waals surface area contributed by atoms with E-state index < -0.39 is 0 Å². The van der Waals surface area contributed by atoms with E-state index in [0.29, 0.717) is 6.04 Å². The molecule has 0 spiro atoms. The molecule has 2 nitrogen and oxygen atoms in total. The number of hydrogen-bond acceptors (Lipinski definition) is 1. The fourth-order valence-corrected chi connectivity index (χ4v) is 2.17. The molecule has 14 heavy (non-hydrogen) atoms. The maximum atomic E-state index is 5.21. The van der Waals surface area contributed by atoms with Crippen LogP contribution in [0.25, 0.3) is 10.9 Å². The maximum Gasteiger partial charge on any atom is 0.0803 e. The number of aromatic nitrogens is 1. The molecule has 72 valence electrons. The van der Waals surface area contributed by atoms with E-state index >= 15 is 0 Å². The van der Waals surface area contributed by atoms with Gasteiger partial charge in [-0.15, -0.1) is 0 Å². The molecule has 1 aliphatic rings. The lowest BCUT2D eigenvalue weighted by atomic mass is 10.2. The standard InChI is InChI=1S/C11H10BrNO/c12-9-2-1-8-3-4-13(11(8)5-9)10-6-14-7-10/h1-5,10H,6-7H2. The van der Waals surface area contributed by atoms with Gasteiger partial charge in [-0.05, 0) is 23.6 Å². The molecule has 3 rings (SSSR count). The van der Waals surface area contributed by atoms with Crippen LogP contribution in [-0.2, 0) is 4.74 Å². The van der Waals surface area contributed by atoms with Crippen molar-refractivity contribution in [2.45, 2.75) is 6.04 Å². The minimum absolute atomic E-state index is 0.529. The predicted octanol–water partition coefficient (Wildman–Crippen LogP) is 2.98. The van der Waals surface area contributed by atoms with Crippen molar-refractivity contribution >= 4 is 26.8 Å². The minimum atomic E-state index is 0.529. The van der Waals surface area contributed by atoms with E-state index in [4.69, 9.17) is 4.74 Å². The zero-order valence-electron chi connectivity index (χ0n) is 7.61. The summed E-state index contributed by atoms with van der Waals surface area (Å²) in [4.78, 5) is 0. The quantitative estimate of drug-likeness (QED) is 0.761. The maximum absolute atomic E-state index is 5.21. The van der Waals surface area contributed by atoms with Crippen molar-refractivity contribution < 1.29 is 4.74 Å². The highest BCUT2D eigenvalue weighted by atomic mass is 79.9. The van der Waals surface area contributed by atoms with Crippen molar-refractivity contribution in [3.8, 4) is 0 Å². The molecule has 0 bridgehead atoms. The van der Waals surface area contributed by atoms with Crippen molar-refractivity contribution in [3.63, 3.8) is 0 Å². The Morgan fingerprint density at radius 2 is 2.14 bits per heavy atom. The van der Waals surface area contributed by atoms with Gasteiger partial charge in [0.15, 0.2) is 0 Å². The number of benzene rings is 1. The molecular weight excluding hydrogens is 242 g/mol. The van der Waals surface area contributed by atoms with Crippen LogP contribution in [0.15, 0.2) is 34.9 Å². The molecule has 1 aromatic heterocycles. The highest BCUT2D eigenvalue weighted by molar-refractivity contribution is 9.10. The fraction of sp³-hybridized carbons (Fsp3) is 0.273. The topological polar surface area (TPSA) is 14.2 Å². The van der Waals surface area contributed by atoms with Gasteiger partial charge in [-0.2, -0.15) is 0 Å². The van der Waals surface area contributed by atoms with Crippen molar-refractivity contribution in [1.82, 2.24) is 4.57 Å². The molecule has 0 saturated carbocycles. The molecule has 1 aromatic carbocycles. The van der Waals surface area contributed by atoms with Gasteiger partial charge in [0, 0.05) is 16.2 Å². The molecule has 0 N–H and O–H groups in total. The summed E-state index contributed by atoms with van der Waals surface area (Å²) in [5.41, 5.74) is 1.28. The van der Waals surface area contributed by atoms with Crippen LogP contribution in [-0.4, -0.2) is 17.8 Å². The summed E-state index contributed by atoms with van der Waals surface area (Å²) in [7, 11) is 0. The molecule has 2 heterocycles. The first-order valence-corrected chi connectivity index (χ1v) is 5.48. The second-order valence-corrected chi connectivity index (χ2v) is 4.53.